The van der Waals surface area contributed by atoms with Gasteiger partial charge in [-0.3, -0.25) is 9.78 Å². The number of carboxylic acid groups (broad SMARTS) is 1. The highest BCUT2D eigenvalue weighted by Gasteiger charge is 2.35. The van der Waals surface area contributed by atoms with Crippen molar-refractivity contribution in [3.05, 3.63) is 67.0 Å². The van der Waals surface area contributed by atoms with Crippen LogP contribution < -0.4 is 4.74 Å². The fourth-order valence-corrected chi connectivity index (χ4v) is 4.00. The van der Waals surface area contributed by atoms with Gasteiger partial charge in [0.1, 0.15) is 11.8 Å². The van der Waals surface area contributed by atoms with Gasteiger partial charge in [0, 0.05) is 18.9 Å². The zero-order valence-corrected chi connectivity index (χ0v) is 15.1. The lowest BCUT2D eigenvalue weighted by Gasteiger charge is -2.27. The van der Waals surface area contributed by atoms with Crippen molar-refractivity contribution in [2.24, 2.45) is 0 Å². The Labute approximate surface area is 152 Å². The van der Waals surface area contributed by atoms with Gasteiger partial charge in [-0.1, -0.05) is 12.1 Å². The highest BCUT2D eigenvalue weighted by molar-refractivity contribution is 7.89. The van der Waals surface area contributed by atoms with Gasteiger partial charge in [0.05, 0.1) is 12.0 Å². The van der Waals surface area contributed by atoms with Gasteiger partial charge in [0.15, 0.2) is 0 Å². The smallest absolute Gasteiger partial charge is 0.322 e. The van der Waals surface area contributed by atoms with Gasteiger partial charge in [-0.05, 0) is 42.3 Å². The number of methoxy groups -OCH3 is 1. The molecule has 1 aromatic heterocycles. The van der Waals surface area contributed by atoms with E-state index in [2.05, 4.69) is 11.6 Å². The topological polar surface area (TPSA) is 96.8 Å². The Balaban J connectivity index is 2.49. The summed E-state index contributed by atoms with van der Waals surface area (Å²) in [6.07, 6.45) is 4.43. The average Bonchev–Trinajstić information content (AvgIpc) is 2.65. The number of benzene rings is 1. The molecule has 1 heterocycles. The minimum atomic E-state index is -4.07. The van der Waals surface area contributed by atoms with Crippen molar-refractivity contribution in [1.82, 2.24) is 9.29 Å². The van der Waals surface area contributed by atoms with E-state index in [-0.39, 0.29) is 17.9 Å². The first-order valence-corrected chi connectivity index (χ1v) is 9.22. The first-order valence-electron chi connectivity index (χ1n) is 7.78. The Morgan fingerprint density at radius 1 is 1.35 bits per heavy atom. The van der Waals surface area contributed by atoms with E-state index in [4.69, 9.17) is 4.74 Å². The maximum atomic E-state index is 13.1. The third-order valence-corrected chi connectivity index (χ3v) is 5.62. The number of aromatic nitrogens is 1. The number of carbonyl (C=O) groups is 1. The van der Waals surface area contributed by atoms with Crippen LogP contribution in [0.3, 0.4) is 0 Å². The van der Waals surface area contributed by atoms with E-state index in [1.165, 1.54) is 43.6 Å². The summed E-state index contributed by atoms with van der Waals surface area (Å²) in [6, 6.07) is 7.87. The van der Waals surface area contributed by atoms with Crippen molar-refractivity contribution in [3.63, 3.8) is 0 Å². The molecule has 0 saturated heterocycles. The molecule has 2 rings (SSSR count). The largest absolute Gasteiger partial charge is 0.497 e. The van der Waals surface area contributed by atoms with Crippen LogP contribution in [0.5, 0.6) is 5.75 Å². The second-order valence-corrected chi connectivity index (χ2v) is 7.36. The molecule has 7 nitrogen and oxygen atoms in total. The van der Waals surface area contributed by atoms with Crippen LogP contribution in [0.1, 0.15) is 12.0 Å². The number of rotatable bonds is 9. The van der Waals surface area contributed by atoms with Gasteiger partial charge >= 0.3 is 5.97 Å². The molecule has 0 aliphatic heterocycles. The molecule has 0 amide bonds. The van der Waals surface area contributed by atoms with E-state index in [0.29, 0.717) is 11.3 Å². The van der Waals surface area contributed by atoms with Crippen LogP contribution in [0.4, 0.5) is 0 Å². The molecule has 1 unspecified atom stereocenters. The van der Waals surface area contributed by atoms with Gasteiger partial charge in [0.2, 0.25) is 10.0 Å². The van der Waals surface area contributed by atoms with Crippen LogP contribution in [0.2, 0.25) is 0 Å². The number of nitrogens with zero attached hydrogens (tertiary/aromatic N) is 2. The third kappa shape index (κ3) is 4.47. The van der Waals surface area contributed by atoms with Gasteiger partial charge < -0.3 is 9.84 Å². The lowest BCUT2D eigenvalue weighted by molar-refractivity contribution is -0.141. The summed E-state index contributed by atoms with van der Waals surface area (Å²) in [4.78, 5) is 15.7. The van der Waals surface area contributed by atoms with Crippen molar-refractivity contribution >= 4 is 16.0 Å². The first-order chi connectivity index (χ1) is 12.4. The van der Waals surface area contributed by atoms with Crippen molar-refractivity contribution in [2.75, 3.05) is 7.11 Å². The van der Waals surface area contributed by atoms with E-state index < -0.39 is 22.0 Å². The Morgan fingerprint density at radius 2 is 2.04 bits per heavy atom. The molecular formula is C18H20N2O5S. The van der Waals surface area contributed by atoms with Crippen molar-refractivity contribution in [3.8, 4) is 5.75 Å². The van der Waals surface area contributed by atoms with Gasteiger partial charge in [-0.2, -0.15) is 4.31 Å². The standard InChI is InChI=1S/C18H20N2O5S/c1-3-5-17(18(21)22)20(13-14-6-4-11-19-12-14)26(23,24)16-9-7-15(25-2)8-10-16/h3-4,6-12,17H,1,5,13H2,2H3,(H,21,22). The molecule has 1 aromatic carbocycles. The van der Waals surface area contributed by atoms with E-state index in [1.807, 2.05) is 0 Å². The maximum Gasteiger partial charge on any atom is 0.322 e. The molecule has 0 spiro atoms. The molecule has 2 aromatic rings. The number of sulfonamides is 1. The molecule has 8 heteroatoms. The van der Waals surface area contributed by atoms with Crippen molar-refractivity contribution in [2.45, 2.75) is 23.9 Å². The minimum Gasteiger partial charge on any atom is -0.497 e. The number of ether oxygens (including phenoxy) is 1. The first kappa shape index (κ1) is 19.6. The SMILES string of the molecule is C=CCC(C(=O)O)N(Cc1cccnc1)S(=O)(=O)c1ccc(OC)cc1. The third-order valence-electron chi connectivity index (χ3n) is 3.75. The molecule has 0 saturated carbocycles. The number of pyridine rings is 1. The molecule has 138 valence electrons. The summed E-state index contributed by atoms with van der Waals surface area (Å²) in [5.74, 6) is -0.741. The molecule has 0 aliphatic carbocycles. The van der Waals surface area contributed by atoms with Crippen molar-refractivity contribution in [1.29, 1.82) is 0 Å². The molecule has 1 N–H and O–H groups in total. The summed E-state index contributed by atoms with van der Waals surface area (Å²) < 4.78 is 32.2. The Kier molecular flexibility index (Phi) is 6.48. The molecule has 0 aliphatic rings. The summed E-state index contributed by atoms with van der Waals surface area (Å²) in [5.41, 5.74) is 0.583. The Morgan fingerprint density at radius 3 is 2.54 bits per heavy atom. The number of hydrogen-bond donors (Lipinski definition) is 1. The number of hydrogen-bond acceptors (Lipinski definition) is 5. The zero-order valence-electron chi connectivity index (χ0n) is 14.3. The average molecular weight is 376 g/mol. The lowest BCUT2D eigenvalue weighted by Crippen LogP contribution is -2.44. The van der Waals surface area contributed by atoms with Crippen LogP contribution in [-0.4, -0.2) is 41.9 Å². The zero-order chi connectivity index (χ0) is 19.2. The summed E-state index contributed by atoms with van der Waals surface area (Å²) in [6.45, 7) is 3.42. The maximum absolute atomic E-state index is 13.1. The van der Waals surface area contributed by atoms with Crippen LogP contribution in [0, 0.1) is 0 Å². The fourth-order valence-electron chi connectivity index (χ4n) is 2.42. The van der Waals surface area contributed by atoms with E-state index in [9.17, 15) is 18.3 Å². The van der Waals surface area contributed by atoms with Gasteiger partial charge in [0.25, 0.3) is 0 Å². The van der Waals surface area contributed by atoms with E-state index >= 15 is 0 Å². The normalized spacial score (nSPS) is 12.5. The summed E-state index contributed by atoms with van der Waals surface area (Å²) >= 11 is 0. The molecular weight excluding hydrogens is 356 g/mol. The van der Waals surface area contributed by atoms with E-state index in [1.54, 1.807) is 18.3 Å². The fraction of sp³-hybridized carbons (Fsp3) is 0.222. The molecule has 0 radical (unpaired) electrons. The predicted octanol–water partition coefficient (Wildman–Crippen LogP) is 2.31. The number of aliphatic carboxylic acids is 1. The molecule has 0 fully saturated rings. The predicted molar refractivity (Wildman–Crippen MR) is 96.2 cm³/mol. The van der Waals surface area contributed by atoms with Crippen LogP contribution in [0.15, 0.2) is 66.3 Å². The quantitative estimate of drug-likeness (QED) is 0.675. The second-order valence-electron chi connectivity index (χ2n) is 5.47. The van der Waals surface area contributed by atoms with Crippen molar-refractivity contribution < 1.29 is 23.1 Å². The van der Waals surface area contributed by atoms with E-state index in [0.717, 1.165) is 4.31 Å². The van der Waals surface area contributed by atoms with Gasteiger partial charge in [-0.25, -0.2) is 8.42 Å². The highest BCUT2D eigenvalue weighted by Crippen LogP contribution is 2.24. The second kappa shape index (κ2) is 8.59. The minimum absolute atomic E-state index is 0.0162. The molecule has 1 atom stereocenters. The summed E-state index contributed by atoms with van der Waals surface area (Å²) in [5, 5.41) is 9.56. The lowest BCUT2D eigenvalue weighted by atomic mass is 10.2. The highest BCUT2D eigenvalue weighted by atomic mass is 32.2. The van der Waals surface area contributed by atoms with Crippen LogP contribution >= 0.6 is 0 Å². The van der Waals surface area contributed by atoms with Crippen LogP contribution in [0.25, 0.3) is 0 Å². The number of carboxylic acids is 1. The Bertz CT molecular complexity index is 851. The summed E-state index contributed by atoms with van der Waals surface area (Å²) in [7, 11) is -2.59. The monoisotopic (exact) mass is 376 g/mol. The Hall–Kier alpha value is -2.71. The van der Waals surface area contributed by atoms with Gasteiger partial charge in [-0.15, -0.1) is 6.58 Å². The van der Waals surface area contributed by atoms with Crippen LogP contribution in [-0.2, 0) is 21.4 Å². The molecule has 26 heavy (non-hydrogen) atoms. The molecule has 0 bridgehead atoms.